The fourth-order valence-electron chi connectivity index (χ4n) is 0.112. The molecule has 4 nitrogen and oxygen atoms in total. The molecule has 0 spiro atoms. The first-order valence-electron chi connectivity index (χ1n) is 1.52. The van der Waals surface area contributed by atoms with Crippen molar-refractivity contribution in [1.82, 2.24) is 0 Å². The van der Waals surface area contributed by atoms with E-state index < -0.39 is 9.05 Å². The van der Waals surface area contributed by atoms with E-state index in [2.05, 4.69) is 11.0 Å². The SMILES string of the molecule is C=CO[Si](O)(O)O.[NaH]. The molecule has 0 aliphatic heterocycles. The van der Waals surface area contributed by atoms with Gasteiger partial charge in [0.1, 0.15) is 0 Å². The van der Waals surface area contributed by atoms with Crippen LogP contribution >= 0.6 is 0 Å². The molecule has 0 rings (SSSR count). The fourth-order valence-corrected chi connectivity index (χ4v) is 0.335. The van der Waals surface area contributed by atoms with Crippen LogP contribution in [0.4, 0.5) is 0 Å². The molecule has 0 aromatic heterocycles. The minimum absolute atomic E-state index is 0. The van der Waals surface area contributed by atoms with Gasteiger partial charge in [0.25, 0.3) is 0 Å². The molecule has 44 valence electrons. The Morgan fingerprint density at radius 1 is 1.38 bits per heavy atom. The van der Waals surface area contributed by atoms with Crippen LogP contribution in [-0.2, 0) is 4.43 Å². The molecule has 0 radical (unpaired) electrons. The van der Waals surface area contributed by atoms with Gasteiger partial charge in [-0.2, -0.15) is 0 Å². The predicted octanol–water partition coefficient (Wildman–Crippen LogP) is -2.09. The molecule has 0 amide bonds. The molecule has 0 aromatic carbocycles. The van der Waals surface area contributed by atoms with Crippen molar-refractivity contribution in [3.8, 4) is 0 Å². The van der Waals surface area contributed by atoms with Gasteiger partial charge in [0.15, 0.2) is 0 Å². The summed E-state index contributed by atoms with van der Waals surface area (Å²) in [7, 11) is -4.28. The summed E-state index contributed by atoms with van der Waals surface area (Å²) >= 11 is 0. The van der Waals surface area contributed by atoms with Crippen molar-refractivity contribution in [1.29, 1.82) is 0 Å². The van der Waals surface area contributed by atoms with Gasteiger partial charge in [0.2, 0.25) is 0 Å². The van der Waals surface area contributed by atoms with Gasteiger partial charge in [-0.05, 0) is 0 Å². The molecule has 0 aliphatic rings. The van der Waals surface area contributed by atoms with Crippen LogP contribution in [0.2, 0.25) is 0 Å². The van der Waals surface area contributed by atoms with Crippen molar-refractivity contribution >= 4 is 38.6 Å². The van der Waals surface area contributed by atoms with Crippen LogP contribution in [0.5, 0.6) is 0 Å². The van der Waals surface area contributed by atoms with Crippen molar-refractivity contribution in [3.05, 3.63) is 12.8 Å². The summed E-state index contributed by atoms with van der Waals surface area (Å²) < 4.78 is 3.80. The fraction of sp³-hybridized carbons (Fsp3) is 0. The van der Waals surface area contributed by atoms with Crippen LogP contribution in [-0.4, -0.2) is 53.0 Å². The van der Waals surface area contributed by atoms with E-state index in [1.165, 1.54) is 0 Å². The van der Waals surface area contributed by atoms with E-state index in [1.54, 1.807) is 0 Å². The quantitative estimate of drug-likeness (QED) is 0.308. The van der Waals surface area contributed by atoms with Crippen molar-refractivity contribution in [2.75, 3.05) is 0 Å². The normalized spacial score (nSPS) is 9.38. The number of rotatable bonds is 2. The van der Waals surface area contributed by atoms with Crippen LogP contribution in [0, 0.1) is 0 Å². The summed E-state index contributed by atoms with van der Waals surface area (Å²) in [6, 6.07) is 0. The molecule has 0 bridgehead atoms. The van der Waals surface area contributed by atoms with E-state index in [9.17, 15) is 0 Å². The minimum atomic E-state index is -4.28. The number of hydrogen-bond donors (Lipinski definition) is 3. The molecule has 0 fully saturated rings. The van der Waals surface area contributed by atoms with Gasteiger partial charge in [-0.3, -0.25) is 0 Å². The van der Waals surface area contributed by atoms with E-state index in [1.807, 2.05) is 0 Å². The molecule has 0 heterocycles. The van der Waals surface area contributed by atoms with Gasteiger partial charge in [-0.15, -0.1) is 0 Å². The van der Waals surface area contributed by atoms with Gasteiger partial charge in [-0.1, -0.05) is 6.58 Å². The standard InChI is InChI=1S/C2H6O4Si.Na.H/c1-2-6-7(3,4)5;;/h2-5H,1H2;;. The zero-order chi connectivity index (χ0) is 5.91. The van der Waals surface area contributed by atoms with Crippen LogP contribution < -0.4 is 0 Å². The van der Waals surface area contributed by atoms with Gasteiger partial charge >= 0.3 is 38.6 Å². The van der Waals surface area contributed by atoms with Gasteiger partial charge in [-0.25, -0.2) is 0 Å². The second-order valence-electron chi connectivity index (χ2n) is 0.858. The van der Waals surface area contributed by atoms with Crippen molar-refractivity contribution in [3.63, 3.8) is 0 Å². The Bertz CT molecular complexity index is 68.9. The Morgan fingerprint density at radius 3 is 1.75 bits per heavy atom. The van der Waals surface area contributed by atoms with Crippen molar-refractivity contribution in [2.45, 2.75) is 0 Å². The molecule has 0 unspecified atom stereocenters. The van der Waals surface area contributed by atoms with Gasteiger partial charge < -0.3 is 18.8 Å². The monoisotopic (exact) mass is 146 g/mol. The predicted molar refractivity (Wildman–Crippen MR) is 30.8 cm³/mol. The third-order valence-electron chi connectivity index (χ3n) is 0.241. The summed E-state index contributed by atoms with van der Waals surface area (Å²) in [5, 5.41) is 0. The molecule has 0 aliphatic carbocycles. The van der Waals surface area contributed by atoms with Gasteiger partial charge in [0.05, 0.1) is 6.26 Å². The van der Waals surface area contributed by atoms with Gasteiger partial charge in [0, 0.05) is 0 Å². The Morgan fingerprint density at radius 2 is 1.75 bits per heavy atom. The third kappa shape index (κ3) is 9.81. The summed E-state index contributed by atoms with van der Waals surface area (Å²) in [5.74, 6) is 0. The maximum absolute atomic E-state index is 7.97. The molecule has 8 heavy (non-hydrogen) atoms. The summed E-state index contributed by atoms with van der Waals surface area (Å²) in [5.41, 5.74) is 0. The van der Waals surface area contributed by atoms with Crippen LogP contribution in [0.15, 0.2) is 12.8 Å². The first-order valence-corrected chi connectivity index (χ1v) is 3.27. The molecule has 0 aromatic rings. The maximum atomic E-state index is 7.97. The Hall–Kier alpha value is 0.637. The molecule has 6 heteroatoms. The van der Waals surface area contributed by atoms with E-state index in [-0.39, 0.29) is 29.6 Å². The first kappa shape index (κ1) is 11.4. The Kier molecular flexibility index (Phi) is 6.45. The van der Waals surface area contributed by atoms with E-state index in [0.717, 1.165) is 6.26 Å². The average Bonchev–Trinajstić information content (AvgIpc) is 1.30. The molecular formula is C2H7NaO4Si. The van der Waals surface area contributed by atoms with Crippen LogP contribution in [0.1, 0.15) is 0 Å². The second kappa shape index (κ2) is 4.51. The zero-order valence-corrected chi connectivity index (χ0v) is 4.53. The molecule has 3 N–H and O–H groups in total. The van der Waals surface area contributed by atoms with Crippen molar-refractivity contribution < 1.29 is 18.8 Å². The third-order valence-corrected chi connectivity index (χ3v) is 0.724. The second-order valence-corrected chi connectivity index (χ2v) is 2.24. The molecule has 0 atom stereocenters. The summed E-state index contributed by atoms with van der Waals surface area (Å²) in [6.45, 7) is 2.98. The summed E-state index contributed by atoms with van der Waals surface area (Å²) in [6.07, 6.45) is 0.770. The van der Waals surface area contributed by atoms with E-state index in [4.69, 9.17) is 14.4 Å². The average molecular weight is 146 g/mol. The molecular weight excluding hydrogens is 139 g/mol. The summed E-state index contributed by atoms with van der Waals surface area (Å²) in [4.78, 5) is 23.9. The molecule has 0 saturated carbocycles. The Labute approximate surface area is 70.2 Å². The molecule has 0 saturated heterocycles. The number of hydrogen-bond acceptors (Lipinski definition) is 4. The first-order chi connectivity index (χ1) is 3.06. The van der Waals surface area contributed by atoms with Crippen molar-refractivity contribution in [2.24, 2.45) is 0 Å². The Balaban J connectivity index is 0. The topological polar surface area (TPSA) is 69.9 Å². The zero-order valence-electron chi connectivity index (χ0n) is 3.53. The van der Waals surface area contributed by atoms with Crippen LogP contribution in [0.25, 0.3) is 0 Å². The van der Waals surface area contributed by atoms with Crippen LogP contribution in [0.3, 0.4) is 0 Å². The van der Waals surface area contributed by atoms with E-state index in [0.29, 0.717) is 0 Å². The van der Waals surface area contributed by atoms with E-state index >= 15 is 0 Å².